The van der Waals surface area contributed by atoms with E-state index in [4.69, 9.17) is 14.2 Å². The van der Waals surface area contributed by atoms with E-state index in [1.54, 1.807) is 23.3 Å². The van der Waals surface area contributed by atoms with E-state index in [1.807, 2.05) is 43.0 Å². The van der Waals surface area contributed by atoms with Crippen LogP contribution in [-0.2, 0) is 20.7 Å². The van der Waals surface area contributed by atoms with E-state index in [0.717, 1.165) is 17.7 Å². The fraction of sp³-hybridized carbons (Fsp3) is 0.478. The summed E-state index contributed by atoms with van der Waals surface area (Å²) in [4.78, 5) is 30.4. The third-order valence-electron chi connectivity index (χ3n) is 5.38. The summed E-state index contributed by atoms with van der Waals surface area (Å²) in [5, 5.41) is 2.06. The molecule has 0 aliphatic carbocycles. The van der Waals surface area contributed by atoms with E-state index in [0.29, 0.717) is 18.9 Å². The lowest BCUT2D eigenvalue weighted by molar-refractivity contribution is -0.146. The SMILES string of the molecule is COCC(=O)N(CC(=O)N1CCc2sccc2[C@H]1COc1cccc(OC)c1)C(C)C. The second kappa shape index (κ2) is 10.6. The zero-order valence-electron chi connectivity index (χ0n) is 18.5. The van der Waals surface area contributed by atoms with Crippen LogP contribution in [0, 0.1) is 0 Å². The number of hydrogen-bond acceptors (Lipinski definition) is 6. The van der Waals surface area contributed by atoms with Gasteiger partial charge in [0.25, 0.3) is 0 Å². The summed E-state index contributed by atoms with van der Waals surface area (Å²) < 4.78 is 16.3. The molecule has 0 spiro atoms. The summed E-state index contributed by atoms with van der Waals surface area (Å²) in [5.41, 5.74) is 1.12. The second-order valence-corrected chi connectivity index (χ2v) is 8.69. The highest BCUT2D eigenvalue weighted by Crippen LogP contribution is 2.34. The number of nitrogens with zero attached hydrogens (tertiary/aromatic N) is 2. The normalized spacial score (nSPS) is 15.5. The summed E-state index contributed by atoms with van der Waals surface area (Å²) >= 11 is 1.71. The smallest absolute Gasteiger partial charge is 0.249 e. The van der Waals surface area contributed by atoms with Crippen LogP contribution in [-0.4, -0.2) is 68.2 Å². The number of amides is 2. The average Bonchev–Trinajstić information content (AvgIpc) is 3.24. The summed E-state index contributed by atoms with van der Waals surface area (Å²) in [6, 6.07) is 9.19. The van der Waals surface area contributed by atoms with Crippen molar-refractivity contribution >= 4 is 23.2 Å². The maximum atomic E-state index is 13.3. The number of rotatable bonds is 9. The summed E-state index contributed by atoms with van der Waals surface area (Å²) in [5.74, 6) is 1.13. The Kier molecular flexibility index (Phi) is 7.92. The maximum Gasteiger partial charge on any atom is 0.249 e. The molecule has 1 aromatic carbocycles. The van der Waals surface area contributed by atoms with E-state index in [-0.39, 0.29) is 37.0 Å². The molecule has 8 heteroatoms. The van der Waals surface area contributed by atoms with Gasteiger partial charge >= 0.3 is 0 Å². The summed E-state index contributed by atoms with van der Waals surface area (Å²) in [7, 11) is 3.09. The molecule has 168 valence electrons. The molecule has 1 aliphatic heterocycles. The minimum atomic E-state index is -0.208. The lowest BCUT2D eigenvalue weighted by atomic mass is 10.0. The Labute approximate surface area is 187 Å². The Balaban J connectivity index is 1.77. The lowest BCUT2D eigenvalue weighted by Crippen LogP contribution is -2.50. The molecule has 3 rings (SSSR count). The third kappa shape index (κ3) is 5.57. The van der Waals surface area contributed by atoms with Gasteiger partial charge in [0.05, 0.1) is 13.2 Å². The zero-order valence-corrected chi connectivity index (χ0v) is 19.3. The van der Waals surface area contributed by atoms with Crippen molar-refractivity contribution in [2.24, 2.45) is 0 Å². The first-order valence-electron chi connectivity index (χ1n) is 10.4. The van der Waals surface area contributed by atoms with Crippen LogP contribution in [0.15, 0.2) is 35.7 Å². The molecule has 1 aliphatic rings. The van der Waals surface area contributed by atoms with Gasteiger partial charge in [0.1, 0.15) is 31.3 Å². The van der Waals surface area contributed by atoms with Gasteiger partial charge in [-0.15, -0.1) is 11.3 Å². The highest BCUT2D eigenvalue weighted by Gasteiger charge is 2.34. The first-order valence-corrected chi connectivity index (χ1v) is 11.2. The molecule has 0 saturated carbocycles. The molecule has 0 bridgehead atoms. The van der Waals surface area contributed by atoms with Gasteiger partial charge in [0.2, 0.25) is 11.8 Å². The first kappa shape index (κ1) is 23.1. The molecular formula is C23H30N2O5S. The van der Waals surface area contributed by atoms with E-state index >= 15 is 0 Å². The number of fused-ring (bicyclic) bond motifs is 1. The van der Waals surface area contributed by atoms with Gasteiger partial charge in [-0.1, -0.05) is 6.07 Å². The number of ether oxygens (including phenoxy) is 3. The molecule has 31 heavy (non-hydrogen) atoms. The fourth-order valence-electron chi connectivity index (χ4n) is 3.74. The van der Waals surface area contributed by atoms with Crippen LogP contribution in [0.25, 0.3) is 0 Å². The molecule has 2 heterocycles. The molecular weight excluding hydrogens is 416 g/mol. The molecule has 7 nitrogen and oxygen atoms in total. The van der Waals surface area contributed by atoms with Crippen molar-refractivity contribution in [2.45, 2.75) is 32.4 Å². The predicted molar refractivity (Wildman–Crippen MR) is 120 cm³/mol. The molecule has 2 amide bonds. The first-order chi connectivity index (χ1) is 14.9. The van der Waals surface area contributed by atoms with Crippen molar-refractivity contribution in [3.63, 3.8) is 0 Å². The van der Waals surface area contributed by atoms with Crippen molar-refractivity contribution in [2.75, 3.05) is 40.5 Å². The average molecular weight is 447 g/mol. The Bertz CT molecular complexity index is 898. The number of benzene rings is 1. The summed E-state index contributed by atoms with van der Waals surface area (Å²) in [6.45, 7) is 4.71. The molecule has 0 unspecified atom stereocenters. The molecule has 0 radical (unpaired) electrons. The highest BCUT2D eigenvalue weighted by molar-refractivity contribution is 7.10. The van der Waals surface area contributed by atoms with E-state index < -0.39 is 0 Å². The van der Waals surface area contributed by atoms with Gasteiger partial charge < -0.3 is 24.0 Å². The number of thiophene rings is 1. The predicted octanol–water partition coefficient (Wildman–Crippen LogP) is 3.14. The Morgan fingerprint density at radius 2 is 2.00 bits per heavy atom. The van der Waals surface area contributed by atoms with Gasteiger partial charge in [-0.05, 0) is 49.4 Å². The van der Waals surface area contributed by atoms with Gasteiger partial charge in [0, 0.05) is 30.6 Å². The largest absolute Gasteiger partial charge is 0.497 e. The molecule has 1 aromatic heterocycles. The lowest BCUT2D eigenvalue weighted by Gasteiger charge is -2.37. The Hall–Kier alpha value is -2.58. The van der Waals surface area contributed by atoms with Crippen LogP contribution in [0.3, 0.4) is 0 Å². The van der Waals surface area contributed by atoms with Crippen LogP contribution in [0.1, 0.15) is 30.3 Å². The minimum absolute atomic E-state index is 0.0228. The number of methoxy groups -OCH3 is 2. The van der Waals surface area contributed by atoms with Crippen LogP contribution in [0.4, 0.5) is 0 Å². The fourth-order valence-corrected chi connectivity index (χ4v) is 4.67. The van der Waals surface area contributed by atoms with Crippen molar-refractivity contribution < 1.29 is 23.8 Å². The molecule has 0 saturated heterocycles. The number of hydrogen-bond donors (Lipinski definition) is 0. The van der Waals surface area contributed by atoms with Crippen molar-refractivity contribution in [1.29, 1.82) is 0 Å². The van der Waals surface area contributed by atoms with E-state index in [1.165, 1.54) is 12.0 Å². The van der Waals surface area contributed by atoms with Gasteiger partial charge in [-0.3, -0.25) is 9.59 Å². The number of carbonyl (C=O) groups excluding carboxylic acids is 2. The summed E-state index contributed by atoms with van der Waals surface area (Å²) in [6.07, 6.45) is 0.808. The van der Waals surface area contributed by atoms with E-state index in [2.05, 4.69) is 11.4 Å². The van der Waals surface area contributed by atoms with Crippen LogP contribution in [0.5, 0.6) is 11.5 Å². The topological polar surface area (TPSA) is 68.3 Å². The van der Waals surface area contributed by atoms with Crippen LogP contribution in [0.2, 0.25) is 0 Å². The van der Waals surface area contributed by atoms with Gasteiger partial charge in [0.15, 0.2) is 0 Å². The molecule has 0 N–H and O–H groups in total. The number of carbonyl (C=O) groups is 2. The third-order valence-corrected chi connectivity index (χ3v) is 6.38. The van der Waals surface area contributed by atoms with Gasteiger partial charge in [-0.25, -0.2) is 0 Å². The zero-order chi connectivity index (χ0) is 22.4. The maximum absolute atomic E-state index is 13.3. The highest BCUT2D eigenvalue weighted by atomic mass is 32.1. The van der Waals surface area contributed by atoms with Crippen LogP contribution < -0.4 is 9.47 Å². The Morgan fingerprint density at radius 3 is 2.71 bits per heavy atom. The van der Waals surface area contributed by atoms with Crippen molar-refractivity contribution in [3.05, 3.63) is 46.2 Å². The molecule has 0 fully saturated rings. The monoisotopic (exact) mass is 446 g/mol. The minimum Gasteiger partial charge on any atom is -0.497 e. The van der Waals surface area contributed by atoms with Gasteiger partial charge in [-0.2, -0.15) is 0 Å². The van der Waals surface area contributed by atoms with Crippen LogP contribution >= 0.6 is 11.3 Å². The molecule has 2 aromatic rings. The standard InChI is InChI=1S/C23H30N2O5S/c1-16(2)25(23(27)15-28-3)13-22(26)24-10-8-21-19(9-11-31-21)20(24)14-30-18-7-5-6-17(12-18)29-4/h5-7,9,11-12,16,20H,8,10,13-15H2,1-4H3/t20-/m1/s1. The van der Waals surface area contributed by atoms with E-state index in [9.17, 15) is 9.59 Å². The second-order valence-electron chi connectivity index (χ2n) is 7.69. The van der Waals surface area contributed by atoms with Crippen molar-refractivity contribution in [1.82, 2.24) is 9.80 Å². The molecule has 1 atom stereocenters. The quantitative estimate of drug-likeness (QED) is 0.592. The Morgan fingerprint density at radius 1 is 1.23 bits per heavy atom. The van der Waals surface area contributed by atoms with Crippen molar-refractivity contribution in [3.8, 4) is 11.5 Å².